The van der Waals surface area contributed by atoms with Crippen molar-refractivity contribution in [2.75, 3.05) is 5.88 Å². The number of alkyl halides is 2. The topological polar surface area (TPSA) is 64.1 Å². The van der Waals surface area contributed by atoms with Crippen molar-refractivity contribution in [1.82, 2.24) is 9.55 Å². The molecule has 1 N–H and O–H groups in total. The highest BCUT2D eigenvalue weighted by molar-refractivity contribution is 6.18. The Morgan fingerprint density at radius 3 is 2.94 bits per heavy atom. The summed E-state index contributed by atoms with van der Waals surface area (Å²) in [7, 11) is 0. The first-order valence-corrected chi connectivity index (χ1v) is 5.32. The summed E-state index contributed by atoms with van der Waals surface area (Å²) in [5.74, 6) is 0.176. The standard InChI is InChI=1S/C9H10ClFN2O3/c10-4-5-3-6(11)8(16-5)13-2-1-7(14)12-9(13)15/h1-2,5-6,8H,3-4H2,(H,12,14,15)/t5-,6-,8-/m1/s1. The molecule has 3 atom stereocenters. The third-order valence-electron chi connectivity index (χ3n) is 2.43. The van der Waals surface area contributed by atoms with Gasteiger partial charge in [0, 0.05) is 24.6 Å². The van der Waals surface area contributed by atoms with Gasteiger partial charge in [-0.1, -0.05) is 0 Å². The molecule has 7 heteroatoms. The van der Waals surface area contributed by atoms with Crippen molar-refractivity contribution in [3.8, 4) is 0 Å². The van der Waals surface area contributed by atoms with Gasteiger partial charge in [-0.3, -0.25) is 14.3 Å². The lowest BCUT2D eigenvalue weighted by Gasteiger charge is -2.15. The molecule has 1 aliphatic heterocycles. The summed E-state index contributed by atoms with van der Waals surface area (Å²) in [6, 6.07) is 1.14. The van der Waals surface area contributed by atoms with Crippen molar-refractivity contribution in [2.45, 2.75) is 24.9 Å². The lowest BCUT2D eigenvalue weighted by atomic mass is 10.2. The Balaban J connectivity index is 2.31. The van der Waals surface area contributed by atoms with Crippen LogP contribution in [0.25, 0.3) is 0 Å². The molecule has 1 aliphatic rings. The Morgan fingerprint density at radius 1 is 1.62 bits per heavy atom. The zero-order chi connectivity index (χ0) is 11.7. The molecule has 16 heavy (non-hydrogen) atoms. The van der Waals surface area contributed by atoms with Crippen molar-refractivity contribution < 1.29 is 9.13 Å². The summed E-state index contributed by atoms with van der Waals surface area (Å²) in [5, 5.41) is 0. The maximum absolute atomic E-state index is 13.6. The Bertz CT molecular complexity index is 486. The Labute approximate surface area is 94.8 Å². The minimum atomic E-state index is -1.30. The molecule has 0 spiro atoms. The van der Waals surface area contributed by atoms with Gasteiger partial charge in [-0.2, -0.15) is 0 Å². The average Bonchev–Trinajstić information content (AvgIpc) is 2.60. The Kier molecular flexibility index (Phi) is 3.11. The fraction of sp³-hybridized carbons (Fsp3) is 0.556. The summed E-state index contributed by atoms with van der Waals surface area (Å²) in [5.41, 5.74) is -1.21. The highest BCUT2D eigenvalue weighted by Crippen LogP contribution is 2.30. The van der Waals surface area contributed by atoms with Crippen LogP contribution in [0, 0.1) is 0 Å². The first-order valence-electron chi connectivity index (χ1n) is 4.79. The monoisotopic (exact) mass is 248 g/mol. The first kappa shape index (κ1) is 11.3. The van der Waals surface area contributed by atoms with Crippen molar-refractivity contribution in [1.29, 1.82) is 0 Å². The average molecular weight is 249 g/mol. The number of hydrogen-bond donors (Lipinski definition) is 1. The van der Waals surface area contributed by atoms with Gasteiger partial charge >= 0.3 is 5.69 Å². The van der Waals surface area contributed by atoms with E-state index < -0.39 is 29.8 Å². The molecule has 1 aromatic rings. The van der Waals surface area contributed by atoms with E-state index in [2.05, 4.69) is 0 Å². The number of nitrogens with one attached hydrogen (secondary N) is 1. The van der Waals surface area contributed by atoms with Gasteiger partial charge in [-0.15, -0.1) is 11.6 Å². The van der Waals surface area contributed by atoms with Crippen LogP contribution < -0.4 is 11.2 Å². The van der Waals surface area contributed by atoms with E-state index in [1.165, 1.54) is 6.20 Å². The molecule has 0 unspecified atom stereocenters. The highest BCUT2D eigenvalue weighted by atomic mass is 35.5. The quantitative estimate of drug-likeness (QED) is 0.771. The van der Waals surface area contributed by atoms with Crippen molar-refractivity contribution in [3.05, 3.63) is 33.1 Å². The second kappa shape index (κ2) is 4.39. The Hall–Kier alpha value is -1.14. The van der Waals surface area contributed by atoms with Crippen LogP contribution in [0.2, 0.25) is 0 Å². The number of ether oxygens (including phenoxy) is 1. The van der Waals surface area contributed by atoms with Gasteiger partial charge in [-0.25, -0.2) is 9.18 Å². The largest absolute Gasteiger partial charge is 0.350 e. The van der Waals surface area contributed by atoms with Gasteiger partial charge in [0.2, 0.25) is 0 Å². The van der Waals surface area contributed by atoms with Crippen LogP contribution in [-0.2, 0) is 4.74 Å². The molecular weight excluding hydrogens is 239 g/mol. The maximum atomic E-state index is 13.6. The van der Waals surface area contributed by atoms with Gasteiger partial charge in [0.25, 0.3) is 5.56 Å². The van der Waals surface area contributed by atoms with E-state index in [0.717, 1.165) is 10.6 Å². The van der Waals surface area contributed by atoms with Crippen molar-refractivity contribution in [2.24, 2.45) is 0 Å². The predicted octanol–water partition coefficient (Wildman–Crippen LogP) is 0.401. The smallest absolute Gasteiger partial charge is 0.330 e. The second-order valence-corrected chi connectivity index (χ2v) is 3.88. The third-order valence-corrected chi connectivity index (χ3v) is 2.77. The van der Waals surface area contributed by atoms with Gasteiger partial charge < -0.3 is 4.74 Å². The minimum absolute atomic E-state index is 0.153. The highest BCUT2D eigenvalue weighted by Gasteiger charge is 2.36. The lowest BCUT2D eigenvalue weighted by molar-refractivity contribution is -0.0136. The van der Waals surface area contributed by atoms with Crippen LogP contribution >= 0.6 is 11.6 Å². The van der Waals surface area contributed by atoms with E-state index in [1.54, 1.807) is 0 Å². The molecule has 2 heterocycles. The molecule has 0 aliphatic carbocycles. The lowest BCUT2D eigenvalue weighted by Crippen LogP contribution is -2.34. The minimum Gasteiger partial charge on any atom is -0.350 e. The van der Waals surface area contributed by atoms with E-state index in [9.17, 15) is 14.0 Å². The number of hydrogen-bond acceptors (Lipinski definition) is 3. The van der Waals surface area contributed by atoms with Gasteiger partial charge in [-0.05, 0) is 0 Å². The fourth-order valence-electron chi connectivity index (χ4n) is 1.67. The van der Waals surface area contributed by atoms with E-state index in [0.29, 0.717) is 0 Å². The van der Waals surface area contributed by atoms with Crippen LogP contribution in [0.15, 0.2) is 21.9 Å². The molecule has 88 valence electrons. The van der Waals surface area contributed by atoms with Crippen molar-refractivity contribution >= 4 is 11.6 Å². The molecule has 0 amide bonds. The third kappa shape index (κ3) is 2.03. The van der Waals surface area contributed by atoms with Crippen LogP contribution in [0.5, 0.6) is 0 Å². The first-order chi connectivity index (χ1) is 7.61. The zero-order valence-corrected chi connectivity index (χ0v) is 8.98. The Morgan fingerprint density at radius 2 is 2.38 bits per heavy atom. The molecule has 0 aromatic carbocycles. The number of aromatic amines is 1. The van der Waals surface area contributed by atoms with E-state index in [4.69, 9.17) is 16.3 Å². The number of nitrogens with zero attached hydrogens (tertiary/aromatic N) is 1. The molecular formula is C9H10ClFN2O3. The van der Waals surface area contributed by atoms with Crippen LogP contribution in [-0.4, -0.2) is 27.7 Å². The van der Waals surface area contributed by atoms with E-state index in [1.807, 2.05) is 4.98 Å². The molecule has 2 rings (SSSR count). The van der Waals surface area contributed by atoms with Gasteiger partial charge in [0.05, 0.1) is 6.10 Å². The van der Waals surface area contributed by atoms with E-state index in [-0.39, 0.29) is 12.3 Å². The van der Waals surface area contributed by atoms with E-state index >= 15 is 0 Å². The summed E-state index contributed by atoms with van der Waals surface area (Å²) in [4.78, 5) is 24.3. The molecule has 1 saturated heterocycles. The SMILES string of the molecule is O=c1ccn([C@@H]2O[C@@H](CCl)C[C@H]2F)c(=O)[nH]1. The second-order valence-electron chi connectivity index (χ2n) is 3.57. The number of halogens is 2. The normalized spacial score (nSPS) is 29.5. The van der Waals surface area contributed by atoms with Crippen LogP contribution in [0.3, 0.4) is 0 Å². The molecule has 0 bridgehead atoms. The predicted molar refractivity (Wildman–Crippen MR) is 55.5 cm³/mol. The van der Waals surface area contributed by atoms with Gasteiger partial charge in [0.1, 0.15) is 6.17 Å². The summed E-state index contributed by atoms with van der Waals surface area (Å²) in [6.45, 7) is 0. The number of H-pyrrole nitrogens is 1. The van der Waals surface area contributed by atoms with Crippen LogP contribution in [0.4, 0.5) is 4.39 Å². The molecule has 0 saturated carbocycles. The van der Waals surface area contributed by atoms with Crippen LogP contribution in [0.1, 0.15) is 12.6 Å². The van der Waals surface area contributed by atoms with Crippen molar-refractivity contribution in [3.63, 3.8) is 0 Å². The summed E-state index contributed by atoms with van der Waals surface area (Å²) < 4.78 is 19.8. The summed E-state index contributed by atoms with van der Waals surface area (Å²) in [6.07, 6.45) is -1.34. The molecule has 1 fully saturated rings. The van der Waals surface area contributed by atoms with Gasteiger partial charge in [0.15, 0.2) is 6.23 Å². The molecule has 5 nitrogen and oxygen atoms in total. The molecule has 1 aromatic heterocycles. The maximum Gasteiger partial charge on any atom is 0.330 e. The summed E-state index contributed by atoms with van der Waals surface area (Å²) >= 11 is 5.55. The molecule has 0 radical (unpaired) electrons. The number of aromatic nitrogens is 2. The zero-order valence-electron chi connectivity index (χ0n) is 8.23. The number of rotatable bonds is 2. The fourth-order valence-corrected chi connectivity index (χ4v) is 1.87.